The Hall–Kier alpha value is -4.78. The number of phenols is 1. The molecule has 1 saturated carbocycles. The topological polar surface area (TPSA) is 155 Å². The van der Waals surface area contributed by atoms with Gasteiger partial charge in [-0.3, -0.25) is 20.1 Å². The smallest absolute Gasteiger partial charge is 0.308 e. The van der Waals surface area contributed by atoms with Gasteiger partial charge in [0.25, 0.3) is 5.88 Å². The molecule has 11 nitrogen and oxygen atoms in total. The number of pyridine rings is 1. The highest BCUT2D eigenvalue weighted by Crippen LogP contribution is 2.41. The van der Waals surface area contributed by atoms with Crippen molar-refractivity contribution in [1.29, 1.82) is 5.41 Å². The summed E-state index contributed by atoms with van der Waals surface area (Å²) >= 11 is 0. The van der Waals surface area contributed by atoms with Crippen molar-refractivity contribution in [3.8, 4) is 28.9 Å². The maximum atomic E-state index is 15.6. The molecule has 3 aromatic rings. The number of nitrogens with two attached hydrogens (primary N) is 1. The highest BCUT2D eigenvalue weighted by molar-refractivity contribution is 5.95. The van der Waals surface area contributed by atoms with Crippen LogP contribution in [0.4, 0.5) is 14.5 Å². The molecule has 2 heterocycles. The average Bonchev–Trinajstić information content (AvgIpc) is 3.43. The Morgan fingerprint density at radius 2 is 1.88 bits per heavy atom. The summed E-state index contributed by atoms with van der Waals surface area (Å²) in [5, 5.41) is 21.2. The number of nitrogens with zero attached hydrogens (tertiary/aromatic N) is 3. The lowest BCUT2D eigenvalue weighted by atomic mass is 9.86. The molecule has 1 atom stereocenters. The lowest BCUT2D eigenvalue weighted by molar-refractivity contribution is -0.146. The van der Waals surface area contributed by atoms with Crippen LogP contribution >= 0.6 is 0 Å². The van der Waals surface area contributed by atoms with Crippen molar-refractivity contribution < 1.29 is 32.9 Å². The molecule has 0 bridgehead atoms. The van der Waals surface area contributed by atoms with Gasteiger partial charge in [-0.15, -0.1) is 0 Å². The fraction of sp³-hybridized carbons (Fsp3) is 0.333. The summed E-state index contributed by atoms with van der Waals surface area (Å²) in [7, 11) is 3.27. The number of nitrogen functional groups attached to an aromatic ring is 1. The van der Waals surface area contributed by atoms with Gasteiger partial charge in [-0.05, 0) is 69.1 Å². The monoisotopic (exact) mass is 594 g/mol. The number of hydrogen-bond donors (Lipinski definition) is 4. The Bertz CT molecular complexity index is 1560. The van der Waals surface area contributed by atoms with E-state index >= 15 is 4.39 Å². The minimum atomic E-state index is -1.23. The van der Waals surface area contributed by atoms with Crippen LogP contribution in [-0.4, -0.2) is 59.8 Å². The van der Waals surface area contributed by atoms with E-state index in [-0.39, 0.29) is 46.6 Å². The number of ether oxygens (including phenoxy) is 3. The minimum Gasteiger partial charge on any atom is -0.504 e. The first-order valence-electron chi connectivity index (χ1n) is 13.7. The van der Waals surface area contributed by atoms with Gasteiger partial charge >= 0.3 is 5.97 Å². The molecule has 1 aromatic heterocycles. The molecule has 226 valence electrons. The summed E-state index contributed by atoms with van der Waals surface area (Å²) in [6, 6.07) is 9.20. The number of carbonyl (C=O) groups excluding carboxylic acids is 1. The van der Waals surface area contributed by atoms with Gasteiger partial charge in [0.05, 0.1) is 19.2 Å². The van der Waals surface area contributed by atoms with Gasteiger partial charge in [0.2, 0.25) is 11.6 Å². The number of phenolic OH excluding ortho intramolecular Hbond substituents is 1. The number of rotatable bonds is 9. The zero-order chi connectivity index (χ0) is 30.7. The van der Waals surface area contributed by atoms with E-state index in [1.807, 2.05) is 18.0 Å². The van der Waals surface area contributed by atoms with Gasteiger partial charge in [-0.25, -0.2) is 9.37 Å². The summed E-state index contributed by atoms with van der Waals surface area (Å²) in [4.78, 5) is 22.1. The zero-order valence-electron chi connectivity index (χ0n) is 23.6. The second kappa shape index (κ2) is 12.6. The van der Waals surface area contributed by atoms with E-state index in [1.165, 1.54) is 25.3 Å². The van der Waals surface area contributed by atoms with Crippen LogP contribution in [-0.2, 0) is 9.53 Å². The molecule has 2 aromatic carbocycles. The van der Waals surface area contributed by atoms with Gasteiger partial charge in [-0.1, -0.05) is 0 Å². The van der Waals surface area contributed by atoms with E-state index < -0.39 is 29.4 Å². The maximum absolute atomic E-state index is 15.6. The SMILES string of the molecule is COC(=O)C1CCC(Nc2ccc(Oc3c(F)cnc(Oc4cc(C(=N)N)ccc4O)c3F)c(C3N=CCN3C)c2)CC1. The third-order valence-corrected chi connectivity index (χ3v) is 7.54. The molecule has 2 aliphatic rings. The van der Waals surface area contributed by atoms with Crippen LogP contribution in [0.3, 0.4) is 0 Å². The van der Waals surface area contributed by atoms with Crippen LogP contribution in [0.2, 0.25) is 0 Å². The zero-order valence-corrected chi connectivity index (χ0v) is 23.6. The molecular formula is C30H32F2N6O5. The molecule has 5 N–H and O–H groups in total. The summed E-state index contributed by atoms with van der Waals surface area (Å²) in [6.07, 6.45) is 5.06. The normalized spacial score (nSPS) is 20.0. The molecule has 0 amide bonds. The van der Waals surface area contributed by atoms with Crippen LogP contribution in [0.5, 0.6) is 28.9 Å². The van der Waals surface area contributed by atoms with E-state index in [0.29, 0.717) is 12.1 Å². The molecule has 0 radical (unpaired) electrons. The van der Waals surface area contributed by atoms with E-state index in [9.17, 15) is 14.3 Å². The number of hydrogen-bond acceptors (Lipinski definition) is 10. The molecular weight excluding hydrogens is 562 g/mol. The first-order chi connectivity index (χ1) is 20.6. The highest BCUT2D eigenvalue weighted by atomic mass is 19.1. The number of methoxy groups -OCH3 is 1. The first-order valence-corrected chi connectivity index (χ1v) is 13.7. The number of halogens is 2. The Morgan fingerprint density at radius 3 is 2.56 bits per heavy atom. The first kappa shape index (κ1) is 29.7. The van der Waals surface area contributed by atoms with Crippen molar-refractivity contribution in [3.63, 3.8) is 0 Å². The average molecular weight is 595 g/mol. The number of aromatic hydroxyl groups is 1. The van der Waals surface area contributed by atoms with Gasteiger partial charge in [0.15, 0.2) is 17.3 Å². The predicted octanol–water partition coefficient (Wildman–Crippen LogP) is 5.09. The molecule has 1 aliphatic carbocycles. The van der Waals surface area contributed by atoms with E-state index in [4.69, 9.17) is 25.4 Å². The number of esters is 1. The molecule has 0 spiro atoms. The third kappa shape index (κ3) is 6.51. The summed E-state index contributed by atoms with van der Waals surface area (Å²) < 4.78 is 46.7. The summed E-state index contributed by atoms with van der Waals surface area (Å²) in [5.41, 5.74) is 7.08. The van der Waals surface area contributed by atoms with Gasteiger partial charge < -0.3 is 30.4 Å². The lowest BCUT2D eigenvalue weighted by Gasteiger charge is -2.29. The molecule has 43 heavy (non-hydrogen) atoms. The van der Waals surface area contributed by atoms with Crippen molar-refractivity contribution >= 4 is 23.7 Å². The molecule has 1 aliphatic heterocycles. The standard InChI is InChI=1S/C30H32F2N6O5/c1-38-12-11-35-28(38)20-14-19(37-18-6-3-16(4-7-18)30(40)41-2)8-10-23(20)42-26-21(31)15-36-29(25(26)32)43-24-13-17(27(33)34)5-9-22(24)39/h5,8-11,13-16,18,28,37,39H,3-4,6-7,12H2,1-2H3,(H3,33,34). The quantitative estimate of drug-likeness (QED) is 0.151. The van der Waals surface area contributed by atoms with Crippen LogP contribution in [0.15, 0.2) is 47.6 Å². The maximum Gasteiger partial charge on any atom is 0.308 e. The molecule has 1 unspecified atom stereocenters. The van der Waals surface area contributed by atoms with Gasteiger partial charge in [0.1, 0.15) is 17.8 Å². The van der Waals surface area contributed by atoms with Gasteiger partial charge in [-0.2, -0.15) is 4.39 Å². The van der Waals surface area contributed by atoms with Crippen LogP contribution < -0.4 is 20.5 Å². The van der Waals surface area contributed by atoms with Crippen molar-refractivity contribution in [3.05, 3.63) is 65.4 Å². The number of amidine groups is 1. The van der Waals surface area contributed by atoms with E-state index in [0.717, 1.165) is 37.6 Å². The largest absolute Gasteiger partial charge is 0.504 e. The number of benzene rings is 2. The Labute approximate surface area is 246 Å². The fourth-order valence-corrected chi connectivity index (χ4v) is 5.19. The third-order valence-electron chi connectivity index (χ3n) is 7.54. The number of anilines is 1. The summed E-state index contributed by atoms with van der Waals surface area (Å²) in [5.74, 6) is -4.68. The molecule has 5 rings (SSSR count). The number of aliphatic imine (C=N–C) groups is 1. The van der Waals surface area contributed by atoms with Crippen LogP contribution in [0, 0.1) is 23.0 Å². The van der Waals surface area contributed by atoms with Gasteiger partial charge in [0, 0.05) is 35.6 Å². The van der Waals surface area contributed by atoms with E-state index in [2.05, 4.69) is 15.3 Å². The molecule has 13 heteroatoms. The fourth-order valence-electron chi connectivity index (χ4n) is 5.19. The van der Waals surface area contributed by atoms with Crippen molar-refractivity contribution in [1.82, 2.24) is 9.88 Å². The second-order valence-electron chi connectivity index (χ2n) is 10.5. The van der Waals surface area contributed by atoms with Crippen molar-refractivity contribution in [2.75, 3.05) is 26.0 Å². The molecule has 1 fully saturated rings. The molecule has 0 saturated heterocycles. The number of aromatic nitrogens is 1. The number of nitrogens with one attached hydrogen (secondary N) is 2. The Kier molecular flexibility index (Phi) is 8.71. The van der Waals surface area contributed by atoms with Crippen molar-refractivity contribution in [2.45, 2.75) is 37.9 Å². The Morgan fingerprint density at radius 1 is 1.12 bits per heavy atom. The second-order valence-corrected chi connectivity index (χ2v) is 10.5. The van der Waals surface area contributed by atoms with Crippen molar-refractivity contribution in [2.24, 2.45) is 16.6 Å². The number of carbonyl (C=O) groups is 1. The predicted molar refractivity (Wildman–Crippen MR) is 155 cm³/mol. The summed E-state index contributed by atoms with van der Waals surface area (Å²) in [6.45, 7) is 0.581. The lowest BCUT2D eigenvalue weighted by Crippen LogP contribution is -2.30. The van der Waals surface area contributed by atoms with Crippen LogP contribution in [0.1, 0.15) is 43.0 Å². The van der Waals surface area contributed by atoms with Crippen LogP contribution in [0.25, 0.3) is 0 Å². The highest BCUT2D eigenvalue weighted by Gasteiger charge is 2.29. The Balaban J connectivity index is 1.41. The van der Waals surface area contributed by atoms with E-state index in [1.54, 1.807) is 18.3 Å². The minimum absolute atomic E-state index is 0.100.